The van der Waals surface area contributed by atoms with Crippen LogP contribution in [0.15, 0.2) is 53.1 Å². The molecule has 2 aromatic rings. The Morgan fingerprint density at radius 3 is 2.46 bits per heavy atom. The standard InChI is InChI=1S/C20H15Cl2N3O2S/c1-11-2-5-13(6-3-11)25-19(27)17(28-20(25)14(10-23)18(24)26)9-12-4-7-15(21)16(22)8-12/h2-8,17H,9H2,1H3,(H2,24,26)/b20-14-/t17-/m1/s1. The molecule has 0 saturated carbocycles. The zero-order chi connectivity index (χ0) is 20.4. The highest BCUT2D eigenvalue weighted by atomic mass is 35.5. The molecule has 2 amide bonds. The molecule has 0 radical (unpaired) electrons. The summed E-state index contributed by atoms with van der Waals surface area (Å²) in [6.07, 6.45) is 0.365. The molecule has 0 unspecified atom stereocenters. The van der Waals surface area contributed by atoms with Gasteiger partial charge in [0.15, 0.2) is 0 Å². The van der Waals surface area contributed by atoms with Gasteiger partial charge in [-0.2, -0.15) is 5.26 Å². The van der Waals surface area contributed by atoms with Crippen molar-refractivity contribution < 1.29 is 9.59 Å². The molecule has 0 spiro atoms. The average molecular weight is 432 g/mol. The van der Waals surface area contributed by atoms with Gasteiger partial charge in [-0.15, -0.1) is 0 Å². The Kier molecular flexibility index (Phi) is 5.99. The molecule has 1 aliphatic heterocycles. The van der Waals surface area contributed by atoms with Gasteiger partial charge in [0.25, 0.3) is 5.91 Å². The van der Waals surface area contributed by atoms with Crippen molar-refractivity contribution >= 4 is 52.5 Å². The van der Waals surface area contributed by atoms with E-state index in [2.05, 4.69) is 0 Å². The minimum absolute atomic E-state index is 0.232. The molecule has 1 heterocycles. The quantitative estimate of drug-likeness (QED) is 0.579. The molecule has 3 rings (SSSR count). The van der Waals surface area contributed by atoms with Crippen molar-refractivity contribution in [3.05, 3.63) is 74.2 Å². The molecule has 8 heteroatoms. The Morgan fingerprint density at radius 1 is 1.21 bits per heavy atom. The van der Waals surface area contributed by atoms with E-state index < -0.39 is 11.2 Å². The number of rotatable bonds is 4. The van der Waals surface area contributed by atoms with Crippen LogP contribution in [0.2, 0.25) is 10.0 Å². The summed E-state index contributed by atoms with van der Waals surface area (Å²) in [6.45, 7) is 1.93. The third-order valence-corrected chi connectivity index (χ3v) is 6.22. The first kappa shape index (κ1) is 20.3. The number of amides is 2. The van der Waals surface area contributed by atoms with Gasteiger partial charge in [-0.1, -0.05) is 58.7 Å². The number of hydrogen-bond acceptors (Lipinski definition) is 4. The number of primary amides is 1. The van der Waals surface area contributed by atoms with Gasteiger partial charge >= 0.3 is 0 Å². The molecule has 0 bridgehead atoms. The van der Waals surface area contributed by atoms with Crippen LogP contribution in [0.3, 0.4) is 0 Å². The van der Waals surface area contributed by atoms with Crippen LogP contribution in [0.1, 0.15) is 11.1 Å². The van der Waals surface area contributed by atoms with E-state index in [1.807, 2.05) is 25.1 Å². The highest BCUT2D eigenvalue weighted by Gasteiger charge is 2.40. The smallest absolute Gasteiger partial charge is 0.262 e. The van der Waals surface area contributed by atoms with Crippen LogP contribution < -0.4 is 10.6 Å². The fraction of sp³-hybridized carbons (Fsp3) is 0.150. The highest BCUT2D eigenvalue weighted by Crippen LogP contribution is 2.42. The predicted molar refractivity (Wildman–Crippen MR) is 112 cm³/mol. The van der Waals surface area contributed by atoms with Gasteiger partial charge in [0.05, 0.1) is 15.3 Å². The predicted octanol–water partition coefficient (Wildman–Crippen LogP) is 4.21. The van der Waals surface area contributed by atoms with Gasteiger partial charge in [-0.25, -0.2) is 0 Å². The number of anilines is 1. The Labute approximate surface area is 176 Å². The van der Waals surface area contributed by atoms with Crippen LogP contribution in [0, 0.1) is 18.3 Å². The van der Waals surface area contributed by atoms with Gasteiger partial charge in [-0.3, -0.25) is 14.5 Å². The Hall–Kier alpha value is -2.46. The summed E-state index contributed by atoms with van der Waals surface area (Å²) >= 11 is 13.2. The van der Waals surface area contributed by atoms with E-state index in [1.165, 1.54) is 4.90 Å². The van der Waals surface area contributed by atoms with E-state index >= 15 is 0 Å². The maximum atomic E-state index is 13.2. The first-order valence-electron chi connectivity index (χ1n) is 8.27. The fourth-order valence-electron chi connectivity index (χ4n) is 2.81. The summed E-state index contributed by atoms with van der Waals surface area (Å²) in [5.41, 5.74) is 7.55. The molecule has 1 fully saturated rings. The lowest BCUT2D eigenvalue weighted by molar-refractivity contribution is -0.117. The number of carbonyl (C=O) groups excluding carboxylic acids is 2. The van der Waals surface area contributed by atoms with Crippen molar-refractivity contribution in [2.75, 3.05) is 4.90 Å². The molecule has 2 aromatic carbocycles. The van der Waals surface area contributed by atoms with Crippen molar-refractivity contribution in [2.24, 2.45) is 5.73 Å². The molecular formula is C20H15Cl2N3O2S. The van der Waals surface area contributed by atoms with E-state index in [-0.39, 0.29) is 16.5 Å². The highest BCUT2D eigenvalue weighted by molar-refractivity contribution is 8.05. The molecule has 5 nitrogen and oxygen atoms in total. The molecule has 1 saturated heterocycles. The number of hydrogen-bond donors (Lipinski definition) is 1. The van der Waals surface area contributed by atoms with Crippen LogP contribution in [-0.2, 0) is 16.0 Å². The molecule has 0 aliphatic carbocycles. The van der Waals surface area contributed by atoms with Gasteiger partial charge < -0.3 is 5.73 Å². The molecule has 2 N–H and O–H groups in total. The van der Waals surface area contributed by atoms with Gasteiger partial charge in [-0.05, 0) is 43.2 Å². The monoisotopic (exact) mass is 431 g/mol. The van der Waals surface area contributed by atoms with Crippen LogP contribution >= 0.6 is 35.0 Å². The average Bonchev–Trinajstić information content (AvgIpc) is 2.95. The molecule has 1 aliphatic rings. The van der Waals surface area contributed by atoms with Crippen molar-refractivity contribution in [1.29, 1.82) is 5.26 Å². The number of nitriles is 1. The number of aryl methyl sites for hydroxylation is 1. The summed E-state index contributed by atoms with van der Waals surface area (Å²) in [6, 6.07) is 14.2. The van der Waals surface area contributed by atoms with E-state index in [0.717, 1.165) is 22.9 Å². The summed E-state index contributed by atoms with van der Waals surface area (Å²) in [5, 5.41) is 9.94. The SMILES string of the molecule is Cc1ccc(N2C(=O)[C@@H](Cc3ccc(Cl)c(Cl)c3)S/C2=C(/C#N)C(N)=O)cc1. The van der Waals surface area contributed by atoms with Crippen LogP contribution in [0.25, 0.3) is 0 Å². The van der Waals surface area contributed by atoms with Gasteiger partial charge in [0, 0.05) is 5.69 Å². The third kappa shape index (κ3) is 4.02. The fourth-order valence-corrected chi connectivity index (χ4v) is 4.45. The summed E-state index contributed by atoms with van der Waals surface area (Å²) < 4.78 is 0. The van der Waals surface area contributed by atoms with Crippen molar-refractivity contribution in [3.63, 3.8) is 0 Å². The first-order chi connectivity index (χ1) is 13.3. The van der Waals surface area contributed by atoms with Crippen molar-refractivity contribution in [2.45, 2.75) is 18.6 Å². The zero-order valence-electron chi connectivity index (χ0n) is 14.8. The minimum atomic E-state index is -0.870. The van der Waals surface area contributed by atoms with Crippen molar-refractivity contribution in [3.8, 4) is 6.07 Å². The molecule has 1 atom stereocenters. The third-order valence-electron chi connectivity index (χ3n) is 4.22. The number of nitrogens with zero attached hydrogens (tertiary/aromatic N) is 2. The maximum absolute atomic E-state index is 13.2. The Morgan fingerprint density at radius 2 is 1.89 bits per heavy atom. The van der Waals surface area contributed by atoms with Crippen LogP contribution in [0.4, 0.5) is 5.69 Å². The lowest BCUT2D eigenvalue weighted by Crippen LogP contribution is -2.31. The zero-order valence-corrected chi connectivity index (χ0v) is 17.1. The van der Waals surface area contributed by atoms with E-state index in [0.29, 0.717) is 22.2 Å². The summed E-state index contributed by atoms with van der Waals surface area (Å²) in [5.74, 6) is -1.10. The van der Waals surface area contributed by atoms with E-state index in [9.17, 15) is 14.9 Å². The van der Waals surface area contributed by atoms with Crippen LogP contribution in [-0.4, -0.2) is 17.1 Å². The number of carbonyl (C=O) groups is 2. The largest absolute Gasteiger partial charge is 0.365 e. The lowest BCUT2D eigenvalue weighted by Gasteiger charge is -2.18. The second-order valence-electron chi connectivity index (χ2n) is 6.22. The first-order valence-corrected chi connectivity index (χ1v) is 9.90. The summed E-state index contributed by atoms with van der Waals surface area (Å²) in [7, 11) is 0. The maximum Gasteiger partial charge on any atom is 0.262 e. The topological polar surface area (TPSA) is 87.2 Å². The molecule has 0 aromatic heterocycles. The lowest BCUT2D eigenvalue weighted by atomic mass is 10.1. The number of halogens is 2. The molecule has 28 heavy (non-hydrogen) atoms. The molecule has 142 valence electrons. The summed E-state index contributed by atoms with van der Waals surface area (Å²) in [4.78, 5) is 26.3. The Bertz CT molecular complexity index is 1030. The Balaban J connectivity index is 2.02. The second-order valence-corrected chi connectivity index (χ2v) is 8.23. The van der Waals surface area contributed by atoms with Crippen molar-refractivity contribution in [1.82, 2.24) is 0 Å². The van der Waals surface area contributed by atoms with E-state index in [4.69, 9.17) is 28.9 Å². The minimum Gasteiger partial charge on any atom is -0.365 e. The van der Waals surface area contributed by atoms with Crippen LogP contribution in [0.5, 0.6) is 0 Å². The van der Waals surface area contributed by atoms with E-state index in [1.54, 1.807) is 30.3 Å². The molecular weight excluding hydrogens is 417 g/mol. The number of benzene rings is 2. The number of thioether (sulfide) groups is 1. The van der Waals surface area contributed by atoms with Gasteiger partial charge in [0.2, 0.25) is 5.91 Å². The normalized spacial score (nSPS) is 18.1. The second kappa shape index (κ2) is 8.27. The number of nitrogens with two attached hydrogens (primary N) is 1. The van der Waals surface area contributed by atoms with Gasteiger partial charge in [0.1, 0.15) is 16.7 Å².